The Bertz CT molecular complexity index is 1350. The molecule has 1 aliphatic heterocycles. The van der Waals surface area contributed by atoms with E-state index < -0.39 is 0 Å². The summed E-state index contributed by atoms with van der Waals surface area (Å²) in [5.41, 5.74) is 10.4. The number of hydrogen-bond donors (Lipinski definition) is 4. The van der Waals surface area contributed by atoms with Gasteiger partial charge in [-0.25, -0.2) is 4.98 Å². The van der Waals surface area contributed by atoms with E-state index in [0.717, 1.165) is 90.8 Å². The minimum Gasteiger partial charge on any atom is -0.495 e. The van der Waals surface area contributed by atoms with Crippen molar-refractivity contribution in [2.75, 3.05) is 61.9 Å². The molecule has 0 atom stereocenters. The number of piperazine rings is 1. The zero-order chi connectivity index (χ0) is 26.3. The highest BCUT2D eigenvalue weighted by atomic mass is 16.5. The summed E-state index contributed by atoms with van der Waals surface area (Å²) < 4.78 is 5.78. The van der Waals surface area contributed by atoms with Crippen molar-refractivity contribution >= 4 is 39.7 Å². The average molecular weight is 516 g/mol. The number of hydrogen-bond acceptors (Lipinski definition) is 9. The molecule has 4 aromatic rings. The number of nitrogens with zero attached hydrogens (tertiary/aromatic N) is 5. The first kappa shape index (κ1) is 25.7. The molecule has 0 saturated carbocycles. The van der Waals surface area contributed by atoms with Gasteiger partial charge in [0.05, 0.1) is 24.5 Å². The van der Waals surface area contributed by atoms with Crippen molar-refractivity contribution < 1.29 is 4.74 Å². The summed E-state index contributed by atoms with van der Waals surface area (Å²) in [6.07, 6.45) is 7.17. The Labute approximate surface area is 223 Å². The number of benzene rings is 2. The number of ether oxygens (including phenoxy) is 1. The topological polar surface area (TPSA) is 120 Å². The zero-order valence-electron chi connectivity index (χ0n) is 22.2. The van der Waals surface area contributed by atoms with Crippen molar-refractivity contribution in [3.8, 4) is 5.75 Å². The predicted octanol–water partition coefficient (Wildman–Crippen LogP) is 4.41. The molecule has 0 amide bonds. The van der Waals surface area contributed by atoms with Crippen LogP contribution in [-0.4, -0.2) is 71.4 Å². The normalized spacial score (nSPS) is 14.1. The van der Waals surface area contributed by atoms with Crippen LogP contribution in [0.4, 0.5) is 28.8 Å². The minimum absolute atomic E-state index is 0.513. The van der Waals surface area contributed by atoms with Gasteiger partial charge in [-0.3, -0.25) is 10.00 Å². The van der Waals surface area contributed by atoms with Crippen LogP contribution < -0.4 is 26.0 Å². The fourth-order valence-electron chi connectivity index (χ4n) is 4.79. The van der Waals surface area contributed by atoms with Gasteiger partial charge in [0, 0.05) is 60.8 Å². The lowest BCUT2D eigenvalue weighted by Gasteiger charge is -2.36. The lowest BCUT2D eigenvalue weighted by molar-refractivity contribution is 0.251. The molecule has 0 bridgehead atoms. The summed E-state index contributed by atoms with van der Waals surface area (Å²) in [6, 6.07) is 12.2. The second-order valence-electron chi connectivity index (χ2n) is 9.71. The van der Waals surface area contributed by atoms with Crippen molar-refractivity contribution in [2.24, 2.45) is 5.73 Å². The highest BCUT2D eigenvalue weighted by molar-refractivity contribution is 5.82. The summed E-state index contributed by atoms with van der Waals surface area (Å²) >= 11 is 0. The van der Waals surface area contributed by atoms with Crippen LogP contribution >= 0.6 is 0 Å². The monoisotopic (exact) mass is 515 g/mol. The number of methoxy groups -OCH3 is 1. The highest BCUT2D eigenvalue weighted by Gasteiger charge is 2.20. The van der Waals surface area contributed by atoms with E-state index in [-0.39, 0.29) is 0 Å². The Morgan fingerprint density at radius 2 is 1.79 bits per heavy atom. The summed E-state index contributed by atoms with van der Waals surface area (Å²) in [6.45, 7) is 8.02. The van der Waals surface area contributed by atoms with Crippen LogP contribution in [0, 0.1) is 6.92 Å². The fraction of sp³-hybridized carbons (Fsp3) is 0.393. The lowest BCUT2D eigenvalue weighted by atomic mass is 10.2. The van der Waals surface area contributed by atoms with Crippen LogP contribution in [0.5, 0.6) is 5.75 Å². The van der Waals surface area contributed by atoms with Gasteiger partial charge < -0.3 is 26.0 Å². The number of H-pyrrole nitrogens is 1. The molecule has 10 nitrogen and oxygen atoms in total. The van der Waals surface area contributed by atoms with Crippen LogP contribution in [-0.2, 0) is 0 Å². The molecule has 38 heavy (non-hydrogen) atoms. The van der Waals surface area contributed by atoms with E-state index in [9.17, 15) is 0 Å². The molecule has 0 unspecified atom stereocenters. The van der Waals surface area contributed by atoms with Crippen molar-refractivity contribution in [3.63, 3.8) is 0 Å². The molecule has 0 radical (unpaired) electrons. The zero-order valence-corrected chi connectivity index (χ0v) is 22.2. The Balaban J connectivity index is 1.23. The molecular formula is C28H37N9O. The maximum Gasteiger partial charge on any atom is 0.229 e. The van der Waals surface area contributed by atoms with E-state index in [2.05, 4.69) is 47.7 Å². The highest BCUT2D eigenvalue weighted by Crippen LogP contribution is 2.33. The maximum atomic E-state index is 5.78. The molecule has 3 heterocycles. The van der Waals surface area contributed by atoms with E-state index in [4.69, 9.17) is 15.5 Å². The molecule has 200 valence electrons. The van der Waals surface area contributed by atoms with Crippen LogP contribution in [0.3, 0.4) is 0 Å². The van der Waals surface area contributed by atoms with E-state index in [1.807, 2.05) is 43.6 Å². The van der Waals surface area contributed by atoms with Gasteiger partial charge in [-0.05, 0) is 63.2 Å². The fourth-order valence-corrected chi connectivity index (χ4v) is 4.79. The van der Waals surface area contributed by atoms with E-state index in [0.29, 0.717) is 5.95 Å². The Hall–Kier alpha value is -3.89. The third kappa shape index (κ3) is 6.15. The van der Waals surface area contributed by atoms with Gasteiger partial charge in [0.25, 0.3) is 0 Å². The molecule has 0 aliphatic carbocycles. The summed E-state index contributed by atoms with van der Waals surface area (Å²) in [4.78, 5) is 14.2. The Morgan fingerprint density at radius 1 is 0.974 bits per heavy atom. The number of aromatic nitrogens is 4. The summed E-state index contributed by atoms with van der Waals surface area (Å²) in [7, 11) is 1.72. The number of unbranched alkanes of at least 4 members (excludes halogenated alkanes) is 2. The van der Waals surface area contributed by atoms with E-state index in [1.165, 1.54) is 12.8 Å². The quantitative estimate of drug-likeness (QED) is 0.215. The van der Waals surface area contributed by atoms with Crippen LogP contribution in [0.1, 0.15) is 24.8 Å². The van der Waals surface area contributed by atoms with Gasteiger partial charge in [-0.1, -0.05) is 6.42 Å². The Kier molecular flexibility index (Phi) is 8.20. The molecule has 5 rings (SSSR count). The minimum atomic E-state index is 0.513. The standard InChI is InChI=1S/C28H37N9O/c1-20-18-30-28(34-27(20)32-22-7-6-21-19-31-35-24(21)16-22)33-23-8-9-25(26(17-23)38-2)37-14-12-36(13-15-37)11-5-3-4-10-29/h6-9,16-19H,3-5,10-15,29H2,1-2H3,(H,31,35)(H2,30,32,33,34). The van der Waals surface area contributed by atoms with Crippen LogP contribution in [0.25, 0.3) is 10.9 Å². The predicted molar refractivity (Wildman–Crippen MR) is 154 cm³/mol. The maximum absolute atomic E-state index is 5.78. The first-order chi connectivity index (χ1) is 18.6. The number of nitrogens with one attached hydrogen (secondary N) is 3. The molecule has 5 N–H and O–H groups in total. The van der Waals surface area contributed by atoms with Crippen LogP contribution in [0.15, 0.2) is 48.8 Å². The molecule has 0 spiro atoms. The summed E-state index contributed by atoms with van der Waals surface area (Å²) in [5, 5.41) is 14.9. The largest absolute Gasteiger partial charge is 0.495 e. The van der Waals surface area contributed by atoms with Gasteiger partial charge in [-0.15, -0.1) is 0 Å². The van der Waals surface area contributed by atoms with Gasteiger partial charge >= 0.3 is 0 Å². The molecule has 2 aromatic heterocycles. The number of anilines is 5. The van der Waals surface area contributed by atoms with Crippen molar-refractivity contribution in [2.45, 2.75) is 26.2 Å². The smallest absolute Gasteiger partial charge is 0.229 e. The Morgan fingerprint density at radius 3 is 2.61 bits per heavy atom. The van der Waals surface area contributed by atoms with Gasteiger partial charge in [-0.2, -0.15) is 10.1 Å². The summed E-state index contributed by atoms with van der Waals surface area (Å²) in [5.74, 6) is 2.09. The number of aryl methyl sites for hydroxylation is 1. The number of fused-ring (bicyclic) bond motifs is 1. The molecule has 1 fully saturated rings. The first-order valence-electron chi connectivity index (χ1n) is 13.3. The van der Waals surface area contributed by atoms with Gasteiger partial charge in [0.15, 0.2) is 0 Å². The average Bonchev–Trinajstić information content (AvgIpc) is 3.41. The third-order valence-corrected chi connectivity index (χ3v) is 7.00. The van der Waals surface area contributed by atoms with Crippen molar-refractivity contribution in [1.29, 1.82) is 0 Å². The van der Waals surface area contributed by atoms with Gasteiger partial charge in [0.2, 0.25) is 5.95 Å². The number of rotatable bonds is 11. The lowest BCUT2D eigenvalue weighted by Crippen LogP contribution is -2.46. The van der Waals surface area contributed by atoms with E-state index in [1.54, 1.807) is 7.11 Å². The number of nitrogens with two attached hydrogens (primary N) is 1. The second-order valence-corrected chi connectivity index (χ2v) is 9.71. The second kappa shape index (κ2) is 12.1. The number of aromatic amines is 1. The molecular weight excluding hydrogens is 478 g/mol. The molecule has 1 saturated heterocycles. The van der Waals surface area contributed by atoms with Crippen molar-refractivity contribution in [1.82, 2.24) is 25.1 Å². The van der Waals surface area contributed by atoms with Crippen LogP contribution in [0.2, 0.25) is 0 Å². The SMILES string of the molecule is COc1cc(Nc2ncc(C)c(Nc3ccc4cn[nH]c4c3)n2)ccc1N1CCN(CCCCCN)CC1. The van der Waals surface area contributed by atoms with E-state index >= 15 is 0 Å². The van der Waals surface area contributed by atoms with Gasteiger partial charge in [0.1, 0.15) is 11.6 Å². The van der Waals surface area contributed by atoms with Crippen molar-refractivity contribution in [3.05, 3.63) is 54.4 Å². The molecule has 10 heteroatoms. The third-order valence-electron chi connectivity index (χ3n) is 7.00. The molecule has 1 aliphatic rings. The molecule has 2 aromatic carbocycles. The first-order valence-corrected chi connectivity index (χ1v) is 13.3.